The van der Waals surface area contributed by atoms with Crippen LogP contribution in [-0.2, 0) is 13.0 Å². The molecule has 94 valence electrons. The van der Waals surface area contributed by atoms with Crippen LogP contribution in [-0.4, -0.2) is 16.7 Å². The second-order valence-corrected chi connectivity index (χ2v) is 4.33. The molecule has 0 fully saturated rings. The summed E-state index contributed by atoms with van der Waals surface area (Å²) in [6.07, 6.45) is 1.52. The van der Waals surface area contributed by atoms with Crippen molar-refractivity contribution in [3.05, 3.63) is 39.4 Å². The number of aliphatic hydroxyl groups excluding tert-OH is 1. The van der Waals surface area contributed by atoms with Gasteiger partial charge in [0, 0.05) is 16.5 Å². The summed E-state index contributed by atoms with van der Waals surface area (Å²) < 4.78 is 19.4. The van der Waals surface area contributed by atoms with E-state index >= 15 is 0 Å². The Morgan fingerprint density at radius 3 is 3.06 bits per heavy atom. The fourth-order valence-corrected chi connectivity index (χ4v) is 2.37. The topological polar surface area (TPSA) is 62.3 Å². The lowest BCUT2D eigenvalue weighted by Crippen LogP contribution is -2.20. The summed E-state index contributed by atoms with van der Waals surface area (Å²) in [5, 5.41) is 9.68. The summed E-state index contributed by atoms with van der Waals surface area (Å²) in [5.74, 6) is -0.273. The van der Waals surface area contributed by atoms with Crippen LogP contribution >= 0.6 is 0 Å². The average molecular weight is 249 g/mol. The summed E-state index contributed by atoms with van der Waals surface area (Å²) in [6, 6.07) is 3.25. The Labute approximate surface area is 102 Å². The van der Waals surface area contributed by atoms with Gasteiger partial charge in [-0.05, 0) is 12.8 Å². The number of aromatic amines is 1. The van der Waals surface area contributed by atoms with Crippen LogP contribution in [0.3, 0.4) is 0 Å². The van der Waals surface area contributed by atoms with Crippen molar-refractivity contribution in [3.8, 4) is 5.75 Å². The smallest absolute Gasteiger partial charge is 0.291 e. The number of ether oxygens (including phenoxy) is 1. The van der Waals surface area contributed by atoms with Gasteiger partial charge < -0.3 is 14.8 Å². The fraction of sp³-hybridized carbons (Fsp3) is 0.308. The highest BCUT2D eigenvalue weighted by atomic mass is 19.1. The first-order valence-corrected chi connectivity index (χ1v) is 5.82. The van der Waals surface area contributed by atoms with Crippen LogP contribution in [0.1, 0.15) is 17.5 Å². The molecule has 2 aromatic rings. The Balaban J connectivity index is 2.40. The van der Waals surface area contributed by atoms with E-state index in [1.54, 1.807) is 6.07 Å². The Morgan fingerprint density at radius 1 is 1.44 bits per heavy atom. The SMILES string of the molecule is O=c1[nH]c2c(F)c(CO)ccc2c2c1OCCC2. The highest BCUT2D eigenvalue weighted by molar-refractivity contribution is 5.85. The van der Waals surface area contributed by atoms with Crippen molar-refractivity contribution in [1.82, 2.24) is 4.98 Å². The molecule has 1 aliphatic heterocycles. The van der Waals surface area contributed by atoms with E-state index in [9.17, 15) is 9.18 Å². The molecule has 0 unspecified atom stereocenters. The van der Waals surface area contributed by atoms with Crippen LogP contribution in [0.5, 0.6) is 5.75 Å². The second kappa shape index (κ2) is 4.10. The van der Waals surface area contributed by atoms with E-state index in [2.05, 4.69) is 4.98 Å². The number of H-pyrrole nitrogens is 1. The maximum atomic E-state index is 14.0. The predicted octanol–water partition coefficient (Wildman–Crippen LogP) is 1.48. The van der Waals surface area contributed by atoms with Gasteiger partial charge in [0.15, 0.2) is 11.6 Å². The standard InChI is InChI=1S/C13H12FNO3/c14-10-7(6-16)3-4-8-9-2-1-5-18-12(9)13(17)15-11(8)10/h3-4,16H,1-2,5-6H2,(H,15,17). The van der Waals surface area contributed by atoms with Crippen LogP contribution in [0.2, 0.25) is 0 Å². The number of fused-ring (bicyclic) bond motifs is 3. The molecular formula is C13H12FNO3. The molecule has 0 radical (unpaired) electrons. The van der Waals surface area contributed by atoms with Crippen molar-refractivity contribution < 1.29 is 14.2 Å². The summed E-state index contributed by atoms with van der Waals surface area (Å²) in [4.78, 5) is 14.3. The molecular weight excluding hydrogens is 237 g/mol. The maximum absolute atomic E-state index is 14.0. The van der Waals surface area contributed by atoms with Gasteiger partial charge in [0.2, 0.25) is 0 Å². The van der Waals surface area contributed by atoms with Gasteiger partial charge in [-0.15, -0.1) is 0 Å². The van der Waals surface area contributed by atoms with E-state index in [0.29, 0.717) is 24.2 Å². The van der Waals surface area contributed by atoms with Crippen molar-refractivity contribution in [2.24, 2.45) is 0 Å². The van der Waals surface area contributed by atoms with Crippen molar-refractivity contribution in [2.45, 2.75) is 19.4 Å². The molecule has 2 heterocycles. The van der Waals surface area contributed by atoms with Crippen molar-refractivity contribution >= 4 is 10.9 Å². The average Bonchev–Trinajstić information content (AvgIpc) is 2.41. The maximum Gasteiger partial charge on any atom is 0.291 e. The fourth-order valence-electron chi connectivity index (χ4n) is 2.37. The molecule has 3 rings (SSSR count). The Bertz CT molecular complexity index is 678. The third kappa shape index (κ3) is 1.51. The van der Waals surface area contributed by atoms with E-state index in [0.717, 1.165) is 12.0 Å². The monoisotopic (exact) mass is 249 g/mol. The molecule has 0 aliphatic carbocycles. The quantitative estimate of drug-likeness (QED) is 0.804. The van der Waals surface area contributed by atoms with Gasteiger partial charge in [-0.1, -0.05) is 12.1 Å². The molecule has 0 saturated heterocycles. The molecule has 1 aromatic carbocycles. The third-order valence-electron chi connectivity index (χ3n) is 3.25. The number of hydrogen-bond acceptors (Lipinski definition) is 3. The lowest BCUT2D eigenvalue weighted by molar-refractivity contribution is 0.276. The van der Waals surface area contributed by atoms with Gasteiger partial charge in [0.25, 0.3) is 5.56 Å². The number of pyridine rings is 1. The summed E-state index contributed by atoms with van der Waals surface area (Å²) in [5.41, 5.74) is 0.667. The number of benzene rings is 1. The first-order valence-electron chi connectivity index (χ1n) is 5.82. The highest BCUT2D eigenvalue weighted by Crippen LogP contribution is 2.29. The molecule has 1 aliphatic rings. The van der Waals surface area contributed by atoms with Crippen LogP contribution in [0.25, 0.3) is 10.9 Å². The number of hydrogen-bond donors (Lipinski definition) is 2. The molecule has 0 spiro atoms. The van der Waals surface area contributed by atoms with Crippen LogP contribution in [0.4, 0.5) is 4.39 Å². The number of halogens is 1. The third-order valence-corrected chi connectivity index (χ3v) is 3.25. The van der Waals surface area contributed by atoms with Crippen LogP contribution in [0.15, 0.2) is 16.9 Å². The number of rotatable bonds is 1. The molecule has 0 bridgehead atoms. The highest BCUT2D eigenvalue weighted by Gasteiger charge is 2.20. The van der Waals surface area contributed by atoms with Gasteiger partial charge >= 0.3 is 0 Å². The van der Waals surface area contributed by atoms with Gasteiger partial charge in [-0.25, -0.2) is 4.39 Å². The van der Waals surface area contributed by atoms with E-state index in [1.165, 1.54) is 6.07 Å². The first-order chi connectivity index (χ1) is 8.72. The lowest BCUT2D eigenvalue weighted by atomic mass is 10.0. The summed E-state index contributed by atoms with van der Waals surface area (Å²) in [6.45, 7) is 0.121. The van der Waals surface area contributed by atoms with Gasteiger partial charge in [-0.2, -0.15) is 0 Å². The largest absolute Gasteiger partial charge is 0.488 e. The molecule has 1 aromatic heterocycles. The van der Waals surface area contributed by atoms with E-state index < -0.39 is 18.0 Å². The predicted molar refractivity (Wildman–Crippen MR) is 64.3 cm³/mol. The normalized spacial score (nSPS) is 14.3. The number of nitrogens with one attached hydrogen (secondary N) is 1. The molecule has 5 heteroatoms. The minimum Gasteiger partial charge on any atom is -0.488 e. The Morgan fingerprint density at radius 2 is 2.28 bits per heavy atom. The molecule has 0 atom stereocenters. The number of aliphatic hydroxyl groups is 1. The van der Waals surface area contributed by atoms with Crippen molar-refractivity contribution in [1.29, 1.82) is 0 Å². The molecule has 18 heavy (non-hydrogen) atoms. The van der Waals surface area contributed by atoms with E-state index in [1.807, 2.05) is 0 Å². The van der Waals surface area contributed by atoms with Gasteiger partial charge in [0.05, 0.1) is 18.7 Å². The van der Waals surface area contributed by atoms with Gasteiger partial charge in [0.1, 0.15) is 0 Å². The van der Waals surface area contributed by atoms with Crippen molar-refractivity contribution in [3.63, 3.8) is 0 Å². The zero-order valence-electron chi connectivity index (χ0n) is 9.62. The Hall–Kier alpha value is -1.88. The lowest BCUT2D eigenvalue weighted by Gasteiger charge is -2.18. The number of aromatic nitrogens is 1. The number of aryl methyl sites for hydroxylation is 1. The van der Waals surface area contributed by atoms with E-state index in [-0.39, 0.29) is 11.1 Å². The summed E-state index contributed by atoms with van der Waals surface area (Å²) in [7, 11) is 0. The molecule has 0 saturated carbocycles. The zero-order chi connectivity index (χ0) is 12.7. The zero-order valence-corrected chi connectivity index (χ0v) is 9.62. The minimum absolute atomic E-state index is 0.149. The van der Waals surface area contributed by atoms with Crippen LogP contribution < -0.4 is 10.3 Å². The van der Waals surface area contributed by atoms with Crippen molar-refractivity contribution in [2.75, 3.05) is 6.61 Å². The first kappa shape index (κ1) is 11.2. The van der Waals surface area contributed by atoms with Gasteiger partial charge in [-0.3, -0.25) is 4.79 Å². The Kier molecular flexibility index (Phi) is 2.56. The minimum atomic E-state index is -0.569. The van der Waals surface area contributed by atoms with E-state index in [4.69, 9.17) is 9.84 Å². The second-order valence-electron chi connectivity index (χ2n) is 4.33. The summed E-state index contributed by atoms with van der Waals surface area (Å²) >= 11 is 0. The molecule has 0 amide bonds. The van der Waals surface area contributed by atoms with Crippen LogP contribution in [0, 0.1) is 5.82 Å². The molecule has 4 nitrogen and oxygen atoms in total. The molecule has 2 N–H and O–H groups in total.